The van der Waals surface area contributed by atoms with Crippen molar-refractivity contribution in [2.75, 3.05) is 39.8 Å². The minimum atomic E-state index is -3.91. The number of aromatic hydroxyl groups is 2. The van der Waals surface area contributed by atoms with Crippen LogP contribution in [0.3, 0.4) is 0 Å². The first kappa shape index (κ1) is 35.6. The van der Waals surface area contributed by atoms with Crippen LogP contribution in [-0.2, 0) is 14.8 Å². The van der Waals surface area contributed by atoms with Crippen molar-refractivity contribution in [2.45, 2.75) is 63.3 Å². The van der Waals surface area contributed by atoms with Gasteiger partial charge in [-0.15, -0.1) is 10.2 Å². The Morgan fingerprint density at radius 1 is 0.959 bits per heavy atom. The molecule has 2 aliphatic rings. The molecule has 0 aliphatic carbocycles. The number of likely N-dealkylation sites (tertiary alicyclic amines) is 1. The molecular formula is C33H43N7O8S. The maximum atomic E-state index is 13.7. The van der Waals surface area contributed by atoms with E-state index in [1.54, 1.807) is 17.9 Å². The maximum absolute atomic E-state index is 13.7. The van der Waals surface area contributed by atoms with Crippen molar-refractivity contribution in [3.8, 4) is 28.6 Å². The summed E-state index contributed by atoms with van der Waals surface area (Å²) >= 11 is 0. The number of phenolic OH excluding ortho intramolecular Hbond substituents is 2. The van der Waals surface area contributed by atoms with Crippen molar-refractivity contribution in [1.82, 2.24) is 34.2 Å². The van der Waals surface area contributed by atoms with Crippen molar-refractivity contribution >= 4 is 27.9 Å². The average molecular weight is 698 g/mol. The summed E-state index contributed by atoms with van der Waals surface area (Å²) in [6, 6.07) is 8.60. The first-order valence-electron chi connectivity index (χ1n) is 16.4. The lowest BCUT2D eigenvalue weighted by atomic mass is 9.94. The zero-order chi connectivity index (χ0) is 35.6. The predicted octanol–water partition coefficient (Wildman–Crippen LogP) is 3.22. The Bertz CT molecular complexity index is 1810. The van der Waals surface area contributed by atoms with Gasteiger partial charge in [0, 0.05) is 63.5 Å². The molecule has 2 fully saturated rings. The van der Waals surface area contributed by atoms with E-state index in [1.807, 2.05) is 13.8 Å². The molecule has 0 unspecified atom stereocenters. The summed E-state index contributed by atoms with van der Waals surface area (Å²) in [5, 5.41) is 41.4. The van der Waals surface area contributed by atoms with Crippen molar-refractivity contribution in [2.24, 2.45) is 5.92 Å². The molecule has 5 rings (SSSR count). The molecule has 2 aliphatic heterocycles. The number of carboxylic acid groups (broad SMARTS) is 1. The first-order chi connectivity index (χ1) is 23.2. The molecule has 16 heteroatoms. The zero-order valence-corrected chi connectivity index (χ0v) is 28.9. The van der Waals surface area contributed by atoms with Gasteiger partial charge in [-0.3, -0.25) is 14.2 Å². The minimum absolute atomic E-state index is 0.0225. The monoisotopic (exact) mass is 697 g/mol. The number of benzene rings is 2. The fraction of sp³-hybridized carbons (Fsp3) is 0.485. The van der Waals surface area contributed by atoms with E-state index in [0.717, 1.165) is 0 Å². The zero-order valence-electron chi connectivity index (χ0n) is 28.0. The Morgan fingerprint density at radius 3 is 2.16 bits per heavy atom. The van der Waals surface area contributed by atoms with E-state index in [0.29, 0.717) is 56.6 Å². The molecule has 1 aromatic heterocycles. The number of piperidine rings is 2. The number of sulfonamides is 1. The smallest absolute Gasteiger partial charge is 0.407 e. The van der Waals surface area contributed by atoms with Gasteiger partial charge in [-0.05, 0) is 74.4 Å². The molecule has 0 atom stereocenters. The lowest BCUT2D eigenvalue weighted by molar-refractivity contribution is -0.138. The summed E-state index contributed by atoms with van der Waals surface area (Å²) in [4.78, 5) is 40.6. The van der Waals surface area contributed by atoms with E-state index in [9.17, 15) is 38.1 Å². The molecule has 49 heavy (non-hydrogen) atoms. The summed E-state index contributed by atoms with van der Waals surface area (Å²) in [6.45, 7) is 7.13. The van der Waals surface area contributed by atoms with Gasteiger partial charge >= 0.3 is 6.09 Å². The third-order valence-electron chi connectivity index (χ3n) is 9.37. The van der Waals surface area contributed by atoms with E-state index in [4.69, 9.17) is 0 Å². The van der Waals surface area contributed by atoms with Crippen molar-refractivity contribution in [1.29, 1.82) is 0 Å². The highest BCUT2D eigenvalue weighted by atomic mass is 32.2. The molecule has 15 nitrogen and oxygen atoms in total. The number of rotatable bonds is 9. The molecule has 0 saturated carbocycles. The van der Waals surface area contributed by atoms with E-state index < -0.39 is 22.0 Å². The van der Waals surface area contributed by atoms with Crippen LogP contribution in [0, 0.1) is 5.92 Å². The van der Waals surface area contributed by atoms with Crippen LogP contribution in [0.25, 0.3) is 17.1 Å². The fourth-order valence-corrected chi connectivity index (χ4v) is 7.94. The van der Waals surface area contributed by atoms with E-state index in [2.05, 4.69) is 15.5 Å². The number of phenols is 2. The first-order valence-corrected chi connectivity index (χ1v) is 17.8. The van der Waals surface area contributed by atoms with Gasteiger partial charge in [0.1, 0.15) is 11.5 Å². The summed E-state index contributed by atoms with van der Waals surface area (Å²) < 4.78 is 30.1. The number of nitrogens with one attached hydrogen (secondary N) is 1. The topological polar surface area (TPSA) is 198 Å². The summed E-state index contributed by atoms with van der Waals surface area (Å²) in [5.41, 5.74) is 1.17. The second kappa shape index (κ2) is 14.4. The Balaban J connectivity index is 1.33. The normalized spacial score (nSPS) is 16.6. The van der Waals surface area contributed by atoms with Crippen LogP contribution < -0.4 is 5.32 Å². The molecule has 3 aromatic rings. The van der Waals surface area contributed by atoms with Crippen molar-refractivity contribution in [3.63, 3.8) is 0 Å². The summed E-state index contributed by atoms with van der Waals surface area (Å²) in [7, 11) is -2.37. The van der Waals surface area contributed by atoms with E-state index in [1.165, 1.54) is 51.2 Å². The van der Waals surface area contributed by atoms with Crippen LogP contribution in [0.4, 0.5) is 4.79 Å². The van der Waals surface area contributed by atoms with Gasteiger partial charge in [-0.25, -0.2) is 13.2 Å². The third kappa shape index (κ3) is 7.20. The third-order valence-corrected chi connectivity index (χ3v) is 11.3. The standard InChI is InChI=1S/C33H43N7O8S/c1-5-34-31(43)30-36-35-29(26-18-25(20(2)3)27(41)19-28(26)42)40(30)23-6-8-24(9-7-23)49(47,48)39-16-10-21(11-17-39)32(44)38-14-12-22(13-15-38)37(4)33(45)46/h6-9,18-22,41-42H,5,10-17H2,1-4H3,(H,34,43)(H,45,46). The molecule has 2 aromatic carbocycles. The highest BCUT2D eigenvalue weighted by Crippen LogP contribution is 2.38. The molecule has 0 radical (unpaired) electrons. The predicted molar refractivity (Wildman–Crippen MR) is 179 cm³/mol. The highest BCUT2D eigenvalue weighted by molar-refractivity contribution is 7.89. The molecule has 264 valence electrons. The molecule has 3 amide bonds. The van der Waals surface area contributed by atoms with Gasteiger partial charge in [-0.1, -0.05) is 13.8 Å². The van der Waals surface area contributed by atoms with E-state index in [-0.39, 0.29) is 70.5 Å². The van der Waals surface area contributed by atoms with Crippen molar-refractivity contribution in [3.05, 3.63) is 47.8 Å². The second-order valence-electron chi connectivity index (χ2n) is 12.7. The molecule has 2 saturated heterocycles. The number of hydrogen-bond acceptors (Lipinski definition) is 9. The molecule has 0 spiro atoms. The minimum Gasteiger partial charge on any atom is -0.508 e. The van der Waals surface area contributed by atoms with Gasteiger partial charge in [-0.2, -0.15) is 4.31 Å². The Labute approximate surface area is 285 Å². The summed E-state index contributed by atoms with van der Waals surface area (Å²) in [6.07, 6.45) is 0.886. The van der Waals surface area contributed by atoms with Crippen LogP contribution >= 0.6 is 0 Å². The maximum Gasteiger partial charge on any atom is 0.407 e. The largest absolute Gasteiger partial charge is 0.508 e. The van der Waals surface area contributed by atoms with Gasteiger partial charge < -0.3 is 30.4 Å². The Morgan fingerprint density at radius 2 is 1.59 bits per heavy atom. The van der Waals surface area contributed by atoms with Crippen LogP contribution in [0.2, 0.25) is 0 Å². The second-order valence-corrected chi connectivity index (χ2v) is 14.7. The fourth-order valence-electron chi connectivity index (χ4n) is 6.47. The van der Waals surface area contributed by atoms with Crippen molar-refractivity contribution < 1.29 is 38.1 Å². The van der Waals surface area contributed by atoms with Crippen LogP contribution in [0.1, 0.15) is 68.6 Å². The number of carbonyl (C=O) groups excluding carboxylic acids is 2. The lowest BCUT2D eigenvalue weighted by Crippen LogP contribution is -2.50. The van der Waals surface area contributed by atoms with Crippen LogP contribution in [-0.4, -0.2) is 116 Å². The van der Waals surface area contributed by atoms with Gasteiger partial charge in [0.2, 0.25) is 21.8 Å². The number of carbonyl (C=O) groups is 3. The van der Waals surface area contributed by atoms with E-state index >= 15 is 0 Å². The number of amides is 3. The van der Waals surface area contributed by atoms with Crippen LogP contribution in [0.5, 0.6) is 11.5 Å². The van der Waals surface area contributed by atoms with Crippen LogP contribution in [0.15, 0.2) is 41.3 Å². The number of aromatic nitrogens is 3. The molecule has 4 N–H and O–H groups in total. The summed E-state index contributed by atoms with van der Waals surface area (Å²) in [5.74, 6) is -1.24. The Kier molecular flexibility index (Phi) is 10.5. The van der Waals surface area contributed by atoms with Gasteiger partial charge in [0.25, 0.3) is 5.91 Å². The van der Waals surface area contributed by atoms with Gasteiger partial charge in [0.05, 0.1) is 10.5 Å². The molecular weight excluding hydrogens is 654 g/mol. The molecule has 3 heterocycles. The average Bonchev–Trinajstić information content (AvgIpc) is 3.53. The Hall–Kier alpha value is -4.70. The number of nitrogens with zero attached hydrogens (tertiary/aromatic N) is 6. The lowest BCUT2D eigenvalue weighted by Gasteiger charge is -2.38. The number of hydrogen-bond donors (Lipinski definition) is 4. The SMILES string of the molecule is CCNC(=O)c1nnc(-c2cc(C(C)C)c(O)cc2O)n1-c1ccc(S(=O)(=O)N2CCC(C(=O)N3CCC(N(C)C(=O)O)CC3)CC2)cc1. The quantitative estimate of drug-likeness (QED) is 0.258. The molecule has 0 bridgehead atoms. The highest BCUT2D eigenvalue weighted by Gasteiger charge is 2.36. The van der Waals surface area contributed by atoms with Gasteiger partial charge in [0.15, 0.2) is 5.82 Å².